The molecule has 0 unspecified atom stereocenters. The fourth-order valence-electron chi connectivity index (χ4n) is 1.39. The molecular weight excluding hydrogens is 252 g/mol. The number of primary amides is 1. The van der Waals surface area contributed by atoms with Gasteiger partial charge >= 0.3 is 12.0 Å². The standard InChI is InChI=1S/C12H14N2O5/c1-7-2-3-9(8(6-7)11(16)17)19-5-4-10(15)14-12(13)18/h2-3,6H,4-5H2,1H3,(H,16,17)(H3,13,14,15,18). The Balaban J connectivity index is 2.61. The first-order chi connectivity index (χ1) is 8.90. The van der Waals surface area contributed by atoms with E-state index in [4.69, 9.17) is 15.6 Å². The van der Waals surface area contributed by atoms with Gasteiger partial charge in [0, 0.05) is 0 Å². The molecule has 0 fully saturated rings. The van der Waals surface area contributed by atoms with Crippen molar-refractivity contribution >= 4 is 17.9 Å². The van der Waals surface area contributed by atoms with Crippen LogP contribution in [0.3, 0.4) is 0 Å². The van der Waals surface area contributed by atoms with Crippen molar-refractivity contribution < 1.29 is 24.2 Å². The molecule has 0 aromatic heterocycles. The van der Waals surface area contributed by atoms with E-state index in [0.29, 0.717) is 0 Å². The van der Waals surface area contributed by atoms with Crippen LogP contribution in [0.5, 0.6) is 5.75 Å². The number of rotatable bonds is 5. The van der Waals surface area contributed by atoms with E-state index in [9.17, 15) is 14.4 Å². The molecule has 4 N–H and O–H groups in total. The van der Waals surface area contributed by atoms with Crippen LogP contribution in [0.2, 0.25) is 0 Å². The molecular formula is C12H14N2O5. The first-order valence-corrected chi connectivity index (χ1v) is 5.46. The van der Waals surface area contributed by atoms with Crippen LogP contribution >= 0.6 is 0 Å². The molecule has 0 spiro atoms. The maximum absolute atomic E-state index is 11.1. The zero-order valence-corrected chi connectivity index (χ0v) is 10.3. The van der Waals surface area contributed by atoms with Crippen molar-refractivity contribution in [2.75, 3.05) is 6.61 Å². The third kappa shape index (κ3) is 4.66. The number of ether oxygens (including phenoxy) is 1. The number of urea groups is 1. The second kappa shape index (κ2) is 6.39. The van der Waals surface area contributed by atoms with Crippen molar-refractivity contribution in [3.63, 3.8) is 0 Å². The van der Waals surface area contributed by atoms with Crippen LogP contribution in [-0.2, 0) is 4.79 Å². The Morgan fingerprint density at radius 3 is 2.63 bits per heavy atom. The normalized spacial score (nSPS) is 9.74. The second-order valence-corrected chi connectivity index (χ2v) is 3.82. The lowest BCUT2D eigenvalue weighted by molar-refractivity contribution is -0.120. The van der Waals surface area contributed by atoms with Gasteiger partial charge in [0.05, 0.1) is 13.0 Å². The van der Waals surface area contributed by atoms with Crippen molar-refractivity contribution in [1.82, 2.24) is 5.32 Å². The summed E-state index contributed by atoms with van der Waals surface area (Å²) in [6.45, 7) is 1.71. The van der Waals surface area contributed by atoms with Crippen LogP contribution < -0.4 is 15.8 Å². The molecule has 0 aliphatic rings. The van der Waals surface area contributed by atoms with Crippen LogP contribution in [-0.4, -0.2) is 29.6 Å². The van der Waals surface area contributed by atoms with Gasteiger partial charge in [-0.15, -0.1) is 0 Å². The minimum Gasteiger partial charge on any atom is -0.492 e. The van der Waals surface area contributed by atoms with Crippen molar-refractivity contribution in [2.24, 2.45) is 5.73 Å². The molecule has 1 rings (SSSR count). The van der Waals surface area contributed by atoms with Gasteiger partial charge in [-0.3, -0.25) is 10.1 Å². The SMILES string of the molecule is Cc1ccc(OCCC(=O)NC(N)=O)c(C(=O)O)c1. The summed E-state index contributed by atoms with van der Waals surface area (Å²) in [5.74, 6) is -1.53. The lowest BCUT2D eigenvalue weighted by atomic mass is 10.1. The summed E-state index contributed by atoms with van der Waals surface area (Å²) in [7, 11) is 0. The average Bonchev–Trinajstić information content (AvgIpc) is 2.29. The Hall–Kier alpha value is -2.57. The van der Waals surface area contributed by atoms with Crippen molar-refractivity contribution in [3.8, 4) is 5.75 Å². The molecule has 0 saturated carbocycles. The Morgan fingerprint density at radius 1 is 1.37 bits per heavy atom. The van der Waals surface area contributed by atoms with Crippen LogP contribution in [0.25, 0.3) is 0 Å². The zero-order chi connectivity index (χ0) is 14.4. The number of hydrogen-bond acceptors (Lipinski definition) is 4. The summed E-state index contributed by atoms with van der Waals surface area (Å²) in [6, 6.07) is 3.75. The topological polar surface area (TPSA) is 119 Å². The number of nitrogens with one attached hydrogen (secondary N) is 1. The van der Waals surface area contributed by atoms with E-state index in [2.05, 4.69) is 0 Å². The number of imide groups is 1. The molecule has 0 atom stereocenters. The molecule has 0 heterocycles. The van der Waals surface area contributed by atoms with Crippen molar-refractivity contribution in [3.05, 3.63) is 29.3 Å². The molecule has 102 valence electrons. The summed E-state index contributed by atoms with van der Waals surface area (Å²) in [6.07, 6.45) is -0.101. The van der Waals surface area contributed by atoms with Gasteiger partial charge in [0.2, 0.25) is 5.91 Å². The maximum Gasteiger partial charge on any atom is 0.339 e. The Kier molecular flexibility index (Phi) is 4.87. The molecule has 0 aliphatic carbocycles. The number of aryl methyl sites for hydroxylation is 1. The maximum atomic E-state index is 11.1. The number of amides is 3. The van der Waals surface area contributed by atoms with Crippen LogP contribution in [0.1, 0.15) is 22.3 Å². The molecule has 1 aromatic rings. The first kappa shape index (κ1) is 14.5. The highest BCUT2D eigenvalue weighted by Crippen LogP contribution is 2.20. The minimum absolute atomic E-state index is 0.0234. The van der Waals surface area contributed by atoms with E-state index in [0.717, 1.165) is 5.56 Å². The zero-order valence-electron chi connectivity index (χ0n) is 10.3. The second-order valence-electron chi connectivity index (χ2n) is 3.82. The van der Waals surface area contributed by atoms with E-state index >= 15 is 0 Å². The largest absolute Gasteiger partial charge is 0.492 e. The van der Waals surface area contributed by atoms with Crippen LogP contribution in [0.15, 0.2) is 18.2 Å². The molecule has 0 saturated heterocycles. The summed E-state index contributed by atoms with van der Waals surface area (Å²) in [5.41, 5.74) is 5.58. The van der Waals surface area contributed by atoms with Gasteiger partial charge in [-0.25, -0.2) is 9.59 Å². The number of carbonyl (C=O) groups excluding carboxylic acids is 2. The molecule has 1 aromatic carbocycles. The van der Waals surface area contributed by atoms with Gasteiger partial charge in [-0.05, 0) is 19.1 Å². The van der Waals surface area contributed by atoms with E-state index in [-0.39, 0.29) is 24.3 Å². The predicted octanol–water partition coefficient (Wildman–Crippen LogP) is 0.657. The summed E-state index contributed by atoms with van der Waals surface area (Å²) in [4.78, 5) is 32.5. The number of carbonyl (C=O) groups is 3. The molecule has 0 aliphatic heterocycles. The van der Waals surface area contributed by atoms with Crippen molar-refractivity contribution in [1.29, 1.82) is 0 Å². The summed E-state index contributed by atoms with van der Waals surface area (Å²) in [5, 5.41) is 10.9. The number of hydrogen-bond donors (Lipinski definition) is 3. The van der Waals surface area contributed by atoms with Gasteiger partial charge in [0.15, 0.2) is 0 Å². The highest BCUT2D eigenvalue weighted by Gasteiger charge is 2.12. The molecule has 7 nitrogen and oxygen atoms in total. The number of benzene rings is 1. The fraction of sp³-hybridized carbons (Fsp3) is 0.250. The number of nitrogens with two attached hydrogens (primary N) is 1. The fourth-order valence-corrected chi connectivity index (χ4v) is 1.39. The molecule has 0 bridgehead atoms. The molecule has 19 heavy (non-hydrogen) atoms. The number of carboxylic acid groups (broad SMARTS) is 1. The van der Waals surface area contributed by atoms with E-state index < -0.39 is 17.9 Å². The lowest BCUT2D eigenvalue weighted by Gasteiger charge is -2.09. The van der Waals surface area contributed by atoms with Gasteiger partial charge in [0.1, 0.15) is 11.3 Å². The van der Waals surface area contributed by atoms with Gasteiger partial charge in [-0.1, -0.05) is 11.6 Å². The van der Waals surface area contributed by atoms with Crippen LogP contribution in [0.4, 0.5) is 4.79 Å². The van der Waals surface area contributed by atoms with E-state index in [1.54, 1.807) is 13.0 Å². The Bertz CT molecular complexity index is 513. The van der Waals surface area contributed by atoms with Gasteiger partial charge in [-0.2, -0.15) is 0 Å². The van der Waals surface area contributed by atoms with E-state index in [1.807, 2.05) is 5.32 Å². The summed E-state index contributed by atoms with van der Waals surface area (Å²) < 4.78 is 5.21. The molecule has 0 radical (unpaired) electrons. The van der Waals surface area contributed by atoms with Gasteiger partial charge < -0.3 is 15.6 Å². The minimum atomic E-state index is -1.11. The van der Waals surface area contributed by atoms with Crippen LogP contribution in [0, 0.1) is 6.92 Å². The van der Waals surface area contributed by atoms with E-state index in [1.165, 1.54) is 12.1 Å². The van der Waals surface area contributed by atoms with Gasteiger partial charge in [0.25, 0.3) is 0 Å². The average molecular weight is 266 g/mol. The Morgan fingerprint density at radius 2 is 2.05 bits per heavy atom. The Labute approximate surface area is 109 Å². The third-order valence-corrected chi connectivity index (χ3v) is 2.21. The van der Waals surface area contributed by atoms with Crippen molar-refractivity contribution in [2.45, 2.75) is 13.3 Å². The lowest BCUT2D eigenvalue weighted by Crippen LogP contribution is -2.35. The summed E-state index contributed by atoms with van der Waals surface area (Å²) >= 11 is 0. The predicted molar refractivity (Wildman–Crippen MR) is 66.0 cm³/mol. The third-order valence-electron chi connectivity index (χ3n) is 2.21. The smallest absolute Gasteiger partial charge is 0.339 e. The number of aromatic carboxylic acids is 1. The first-order valence-electron chi connectivity index (χ1n) is 5.46. The molecule has 3 amide bonds. The number of carboxylic acids is 1. The monoisotopic (exact) mass is 266 g/mol. The molecule has 7 heteroatoms. The quantitative estimate of drug-likeness (QED) is 0.723. The highest BCUT2D eigenvalue weighted by molar-refractivity contribution is 5.93. The highest BCUT2D eigenvalue weighted by atomic mass is 16.5.